The van der Waals surface area contributed by atoms with E-state index in [0.717, 1.165) is 51.4 Å². The lowest BCUT2D eigenvalue weighted by Crippen LogP contribution is -2.60. The predicted molar refractivity (Wildman–Crippen MR) is 130 cm³/mol. The summed E-state index contributed by atoms with van der Waals surface area (Å²) in [7, 11) is 0. The molecule has 0 aliphatic carbocycles. The van der Waals surface area contributed by atoms with Gasteiger partial charge in [-0.05, 0) is 12.8 Å². The van der Waals surface area contributed by atoms with E-state index in [0.29, 0.717) is 12.8 Å². The molecule has 0 saturated heterocycles. The number of rotatable bonds is 25. The summed E-state index contributed by atoms with van der Waals surface area (Å²) >= 11 is 0. The van der Waals surface area contributed by atoms with Crippen molar-refractivity contribution in [3.8, 4) is 0 Å². The molecule has 0 radical (unpaired) electrons. The van der Waals surface area contributed by atoms with E-state index in [1.165, 1.54) is 51.4 Å². The first-order chi connectivity index (χ1) is 17.7. The minimum atomic E-state index is -6.79. The molecule has 0 fully saturated rings. The van der Waals surface area contributed by atoms with Gasteiger partial charge in [0.2, 0.25) is 0 Å². The van der Waals surface area contributed by atoms with Gasteiger partial charge in [-0.25, -0.2) is 0 Å². The molecule has 0 aromatic carbocycles. The van der Waals surface area contributed by atoms with E-state index in [2.05, 4.69) is 0 Å². The molecule has 0 aromatic heterocycles. The molecule has 0 saturated carbocycles. The van der Waals surface area contributed by atoms with Gasteiger partial charge in [0.05, 0.1) is 0 Å². The van der Waals surface area contributed by atoms with Crippen molar-refractivity contribution >= 4 is 5.97 Å². The van der Waals surface area contributed by atoms with Gasteiger partial charge in [0.15, 0.2) is 0 Å². The summed E-state index contributed by atoms with van der Waals surface area (Å²) in [4.78, 5) is 10.4. The molecule has 0 aliphatic rings. The number of alkyl halides is 9. The van der Waals surface area contributed by atoms with Crippen LogP contribution in [0.1, 0.15) is 141 Å². The second kappa shape index (κ2) is 19.0. The van der Waals surface area contributed by atoms with Crippen molar-refractivity contribution in [2.24, 2.45) is 0 Å². The average Bonchev–Trinajstić information content (AvgIpc) is 2.81. The largest absolute Gasteiger partial charge is 0.481 e. The van der Waals surface area contributed by atoms with Crippen LogP contribution >= 0.6 is 0 Å². The van der Waals surface area contributed by atoms with Crippen LogP contribution < -0.4 is 0 Å². The number of carbonyl (C=O) groups is 1. The zero-order valence-corrected chi connectivity index (χ0v) is 22.3. The molecular weight excluding hydrogens is 527 g/mol. The Morgan fingerprint density at radius 3 is 0.947 bits per heavy atom. The molecule has 0 bridgehead atoms. The third-order valence-corrected chi connectivity index (χ3v) is 6.84. The van der Waals surface area contributed by atoms with Gasteiger partial charge in [-0.15, -0.1) is 0 Å². The molecule has 0 spiro atoms. The second-order valence-corrected chi connectivity index (χ2v) is 10.3. The topological polar surface area (TPSA) is 37.3 Å². The van der Waals surface area contributed by atoms with Crippen LogP contribution in [0.25, 0.3) is 0 Å². The number of carboxylic acids is 1. The van der Waals surface area contributed by atoms with Crippen molar-refractivity contribution in [1.82, 2.24) is 0 Å². The molecule has 38 heavy (non-hydrogen) atoms. The first-order valence-electron chi connectivity index (χ1n) is 14.1. The summed E-state index contributed by atoms with van der Waals surface area (Å²) in [6.45, 7) is 0. The van der Waals surface area contributed by atoms with Crippen molar-refractivity contribution in [3.63, 3.8) is 0 Å². The number of aliphatic carboxylic acids is 1. The first-order valence-corrected chi connectivity index (χ1v) is 14.1. The molecule has 2 nitrogen and oxygen atoms in total. The molecule has 0 atom stereocenters. The lowest BCUT2D eigenvalue weighted by molar-refractivity contribution is -0.396. The fourth-order valence-corrected chi connectivity index (χ4v) is 4.37. The van der Waals surface area contributed by atoms with Crippen LogP contribution in [0.3, 0.4) is 0 Å². The standard InChI is InChI=1S/C27H45F9O2/c28-24(29,25(30,31)26(32,33)27(34,35)36)22-20-18-16-14-12-10-8-6-4-2-1-3-5-7-9-11-13-15-17-19-21-23(37)38/h1-22H2,(H,37,38). The van der Waals surface area contributed by atoms with E-state index in [1.54, 1.807) is 0 Å². The average molecular weight is 573 g/mol. The molecule has 0 heterocycles. The van der Waals surface area contributed by atoms with E-state index < -0.39 is 42.8 Å². The summed E-state index contributed by atoms with van der Waals surface area (Å²) in [6.07, 6.45) is 9.95. The highest BCUT2D eigenvalue weighted by molar-refractivity contribution is 5.66. The van der Waals surface area contributed by atoms with Crippen LogP contribution in [-0.2, 0) is 4.79 Å². The van der Waals surface area contributed by atoms with E-state index in [1.807, 2.05) is 0 Å². The van der Waals surface area contributed by atoms with E-state index in [-0.39, 0.29) is 12.8 Å². The van der Waals surface area contributed by atoms with Gasteiger partial charge < -0.3 is 5.11 Å². The predicted octanol–water partition coefficient (Wildman–Crippen LogP) is 11.1. The molecular formula is C27H45F9O2. The fourth-order valence-electron chi connectivity index (χ4n) is 4.37. The minimum absolute atomic E-state index is 0.0655. The highest BCUT2D eigenvalue weighted by Gasteiger charge is 2.81. The zero-order chi connectivity index (χ0) is 29.1. The van der Waals surface area contributed by atoms with E-state index >= 15 is 0 Å². The Labute approximate surface area is 221 Å². The van der Waals surface area contributed by atoms with Crippen LogP contribution in [0.4, 0.5) is 39.5 Å². The quantitative estimate of drug-likeness (QED) is 0.0873. The summed E-state index contributed by atoms with van der Waals surface area (Å²) in [5.41, 5.74) is 0. The summed E-state index contributed by atoms with van der Waals surface area (Å²) in [5, 5.41) is 8.57. The number of unbranched alkanes of at least 4 members (excludes halogenated alkanes) is 19. The fraction of sp³-hybridized carbons (Fsp3) is 0.963. The van der Waals surface area contributed by atoms with Crippen LogP contribution in [0.15, 0.2) is 0 Å². The Morgan fingerprint density at radius 1 is 0.421 bits per heavy atom. The van der Waals surface area contributed by atoms with Crippen molar-refractivity contribution in [1.29, 1.82) is 0 Å². The Kier molecular flexibility index (Phi) is 18.4. The summed E-state index contributed by atoms with van der Waals surface area (Å²) < 4.78 is 115. The second-order valence-electron chi connectivity index (χ2n) is 10.3. The zero-order valence-electron chi connectivity index (χ0n) is 22.3. The minimum Gasteiger partial charge on any atom is -0.481 e. The van der Waals surface area contributed by atoms with Crippen LogP contribution in [0.5, 0.6) is 0 Å². The monoisotopic (exact) mass is 572 g/mol. The van der Waals surface area contributed by atoms with Gasteiger partial charge in [-0.2, -0.15) is 39.5 Å². The number of hydrogen-bond acceptors (Lipinski definition) is 1. The van der Waals surface area contributed by atoms with Crippen molar-refractivity contribution in [2.45, 2.75) is 165 Å². The Morgan fingerprint density at radius 2 is 0.684 bits per heavy atom. The maximum absolute atomic E-state index is 13.4. The van der Waals surface area contributed by atoms with Crippen LogP contribution in [0, 0.1) is 0 Å². The molecule has 11 heteroatoms. The van der Waals surface area contributed by atoms with Crippen LogP contribution in [-0.4, -0.2) is 35.0 Å². The highest BCUT2D eigenvalue weighted by Crippen LogP contribution is 2.54. The normalized spacial score (nSPS) is 13.3. The summed E-state index contributed by atoms with van der Waals surface area (Å²) in [6, 6.07) is 0. The SMILES string of the molecule is O=C(O)CCCCCCCCCCCCCCCCCCCCCCC(F)(F)C(F)(F)C(F)(F)C(F)(F)F. The Hall–Kier alpha value is -1.16. The summed E-state index contributed by atoms with van der Waals surface area (Å²) in [5.74, 6) is -19.5. The molecule has 0 amide bonds. The molecule has 0 aliphatic heterocycles. The smallest absolute Gasteiger partial charge is 0.460 e. The molecule has 0 unspecified atom stereocenters. The van der Waals surface area contributed by atoms with Gasteiger partial charge in [-0.1, -0.05) is 116 Å². The maximum atomic E-state index is 13.4. The van der Waals surface area contributed by atoms with E-state index in [4.69, 9.17) is 5.11 Å². The lowest BCUT2D eigenvalue weighted by atomic mass is 9.97. The van der Waals surface area contributed by atoms with Crippen LogP contribution in [0.2, 0.25) is 0 Å². The third kappa shape index (κ3) is 14.8. The number of hydrogen-bond donors (Lipinski definition) is 1. The Balaban J connectivity index is 3.55. The molecule has 1 N–H and O–H groups in total. The lowest BCUT2D eigenvalue weighted by Gasteiger charge is -2.33. The first kappa shape index (κ1) is 36.8. The van der Waals surface area contributed by atoms with Gasteiger partial charge in [-0.3, -0.25) is 4.79 Å². The Bertz CT molecular complexity index is 608. The van der Waals surface area contributed by atoms with Crippen molar-refractivity contribution in [2.75, 3.05) is 0 Å². The number of halogens is 9. The van der Waals surface area contributed by atoms with Gasteiger partial charge in [0, 0.05) is 12.8 Å². The van der Waals surface area contributed by atoms with Gasteiger partial charge in [0.1, 0.15) is 0 Å². The van der Waals surface area contributed by atoms with Gasteiger partial charge in [0.25, 0.3) is 0 Å². The van der Waals surface area contributed by atoms with Crippen molar-refractivity contribution in [3.05, 3.63) is 0 Å². The van der Waals surface area contributed by atoms with Gasteiger partial charge >= 0.3 is 29.9 Å². The molecule has 228 valence electrons. The number of carboxylic acid groups (broad SMARTS) is 1. The van der Waals surface area contributed by atoms with Crippen molar-refractivity contribution < 1.29 is 49.4 Å². The molecule has 0 rings (SSSR count). The maximum Gasteiger partial charge on any atom is 0.460 e. The highest BCUT2D eigenvalue weighted by atomic mass is 19.4. The molecule has 0 aromatic rings. The third-order valence-electron chi connectivity index (χ3n) is 6.84. The van der Waals surface area contributed by atoms with E-state index in [9.17, 15) is 44.3 Å².